The van der Waals surface area contributed by atoms with E-state index in [1.807, 2.05) is 23.1 Å². The van der Waals surface area contributed by atoms with Crippen LogP contribution in [-0.2, 0) is 11.2 Å². The first-order valence-corrected chi connectivity index (χ1v) is 11.8. The molecule has 0 bridgehead atoms. The van der Waals surface area contributed by atoms with Crippen LogP contribution < -0.4 is 10.2 Å². The molecule has 0 saturated carbocycles. The molecule has 168 valence electrons. The Morgan fingerprint density at radius 2 is 1.71 bits per heavy atom. The van der Waals surface area contributed by atoms with Gasteiger partial charge < -0.3 is 20.4 Å². The number of amides is 1. The van der Waals surface area contributed by atoms with Crippen LogP contribution in [0.5, 0.6) is 0 Å². The molecule has 0 aliphatic heterocycles. The van der Waals surface area contributed by atoms with Crippen LogP contribution in [0.2, 0.25) is 0 Å². The van der Waals surface area contributed by atoms with Crippen molar-refractivity contribution >= 4 is 60.5 Å². The predicted octanol–water partition coefficient (Wildman–Crippen LogP) is 5.72. The van der Waals surface area contributed by atoms with Crippen molar-refractivity contribution in [2.45, 2.75) is 33.1 Å². The number of carbonyl (C=O) groups excluding carboxylic acids is 1. The molecule has 2 aromatic carbocycles. The van der Waals surface area contributed by atoms with E-state index in [1.165, 1.54) is 12.5 Å². The highest BCUT2D eigenvalue weighted by Crippen LogP contribution is 2.38. The highest BCUT2D eigenvalue weighted by molar-refractivity contribution is 9.11. The molecule has 0 unspecified atom stereocenters. The van der Waals surface area contributed by atoms with Gasteiger partial charge in [0.25, 0.3) is 0 Å². The lowest BCUT2D eigenvalue weighted by Gasteiger charge is -2.23. The Kier molecular flexibility index (Phi) is 10.6. The number of anilines is 2. The Morgan fingerprint density at radius 1 is 1.06 bits per heavy atom. The Bertz CT molecular complexity index is 893. The number of aliphatic hydroxyl groups excluding tert-OH is 2. The van der Waals surface area contributed by atoms with Gasteiger partial charge in [0.15, 0.2) is 0 Å². The molecule has 0 saturated heterocycles. The number of halogens is 2. The molecule has 3 N–H and O–H groups in total. The highest BCUT2D eigenvalue weighted by Gasteiger charge is 2.12. The minimum Gasteiger partial charge on any atom is -0.395 e. The van der Waals surface area contributed by atoms with E-state index in [0.717, 1.165) is 33.9 Å². The van der Waals surface area contributed by atoms with Gasteiger partial charge >= 0.3 is 0 Å². The number of azo groups is 1. The van der Waals surface area contributed by atoms with E-state index in [2.05, 4.69) is 54.3 Å². The highest BCUT2D eigenvalue weighted by atomic mass is 79.9. The lowest BCUT2D eigenvalue weighted by molar-refractivity contribution is -0.114. The fourth-order valence-corrected chi connectivity index (χ4v) is 4.49. The Balaban J connectivity index is 2.37. The van der Waals surface area contributed by atoms with E-state index in [9.17, 15) is 15.0 Å². The fraction of sp³-hybridized carbons (Fsp3) is 0.409. The zero-order chi connectivity index (χ0) is 22.8. The molecule has 0 radical (unpaired) electrons. The summed E-state index contributed by atoms with van der Waals surface area (Å²) in [5.41, 5.74) is 3.65. The maximum absolute atomic E-state index is 11.7. The molecule has 1 amide bonds. The minimum absolute atomic E-state index is 0.0484. The minimum atomic E-state index is -0.230. The summed E-state index contributed by atoms with van der Waals surface area (Å²) in [4.78, 5) is 13.5. The average molecular weight is 556 g/mol. The van der Waals surface area contributed by atoms with E-state index in [4.69, 9.17) is 0 Å². The van der Waals surface area contributed by atoms with E-state index in [-0.39, 0.29) is 19.1 Å². The predicted molar refractivity (Wildman–Crippen MR) is 132 cm³/mol. The quantitative estimate of drug-likeness (QED) is 0.309. The summed E-state index contributed by atoms with van der Waals surface area (Å²) in [5.74, 6) is -0.230. The summed E-state index contributed by atoms with van der Waals surface area (Å²) >= 11 is 7.16. The first kappa shape index (κ1) is 25.5. The molecule has 0 spiro atoms. The molecule has 31 heavy (non-hydrogen) atoms. The third-order valence-electron chi connectivity index (χ3n) is 4.55. The van der Waals surface area contributed by atoms with Crippen LogP contribution in [0.4, 0.5) is 22.7 Å². The number of benzene rings is 2. The van der Waals surface area contributed by atoms with Crippen LogP contribution in [0.3, 0.4) is 0 Å². The van der Waals surface area contributed by atoms with Crippen molar-refractivity contribution in [2.24, 2.45) is 10.2 Å². The summed E-state index contributed by atoms with van der Waals surface area (Å²) in [6.07, 6.45) is 3.25. The summed E-state index contributed by atoms with van der Waals surface area (Å²) in [7, 11) is 0. The zero-order valence-corrected chi connectivity index (χ0v) is 20.9. The van der Waals surface area contributed by atoms with Crippen LogP contribution in [0.1, 0.15) is 32.3 Å². The van der Waals surface area contributed by atoms with Gasteiger partial charge in [0.1, 0.15) is 11.4 Å². The standard InChI is InChI=1S/C22H28Br2N4O3/c1-3-4-5-16-12-18(23)22(19(24)13-16)27-26-20-7-6-17(14-21(20)25-15(2)31)28(8-10-29)9-11-30/h6-7,12-14,29-30H,3-5,8-11H2,1-2H3,(H,25,31)/b27-26+. The molecule has 0 atom stereocenters. The van der Waals surface area contributed by atoms with Crippen molar-refractivity contribution < 1.29 is 15.0 Å². The van der Waals surface area contributed by atoms with Gasteiger partial charge in [-0.05, 0) is 80.6 Å². The maximum Gasteiger partial charge on any atom is 0.221 e. The summed E-state index contributed by atoms with van der Waals surface area (Å²) in [6, 6.07) is 9.44. The van der Waals surface area contributed by atoms with Crippen molar-refractivity contribution in [3.63, 3.8) is 0 Å². The van der Waals surface area contributed by atoms with Crippen molar-refractivity contribution in [1.82, 2.24) is 0 Å². The molecular formula is C22H28Br2N4O3. The molecule has 0 fully saturated rings. The van der Waals surface area contributed by atoms with E-state index >= 15 is 0 Å². The number of hydrogen-bond donors (Lipinski definition) is 3. The van der Waals surface area contributed by atoms with Gasteiger partial charge in [0.2, 0.25) is 5.91 Å². The summed E-state index contributed by atoms with van der Waals surface area (Å²) in [5, 5.41) is 30.1. The SMILES string of the molecule is CCCCc1cc(Br)c(/N=N/c2ccc(N(CCO)CCO)cc2NC(C)=O)c(Br)c1. The van der Waals surface area contributed by atoms with Crippen molar-refractivity contribution in [3.8, 4) is 0 Å². The van der Waals surface area contributed by atoms with E-state index < -0.39 is 0 Å². The zero-order valence-electron chi connectivity index (χ0n) is 17.7. The number of nitrogens with one attached hydrogen (secondary N) is 1. The molecule has 9 heteroatoms. The molecule has 2 rings (SSSR count). The second-order valence-electron chi connectivity index (χ2n) is 7.03. The topological polar surface area (TPSA) is 97.5 Å². The molecule has 0 aromatic heterocycles. The van der Waals surface area contributed by atoms with Gasteiger partial charge in [-0.15, -0.1) is 10.2 Å². The number of hydrogen-bond acceptors (Lipinski definition) is 6. The van der Waals surface area contributed by atoms with Crippen molar-refractivity contribution in [3.05, 3.63) is 44.8 Å². The smallest absolute Gasteiger partial charge is 0.221 e. The number of carbonyl (C=O) groups is 1. The average Bonchev–Trinajstić information content (AvgIpc) is 2.72. The number of nitrogens with zero attached hydrogens (tertiary/aromatic N) is 3. The fourth-order valence-electron chi connectivity index (χ4n) is 3.05. The number of unbranched alkanes of at least 4 members (excludes halogenated alkanes) is 1. The Morgan fingerprint density at radius 3 is 2.26 bits per heavy atom. The Labute approximate surface area is 199 Å². The lowest BCUT2D eigenvalue weighted by atomic mass is 10.1. The molecular weight excluding hydrogens is 528 g/mol. The van der Waals surface area contributed by atoms with Crippen LogP contribution in [-0.4, -0.2) is 42.4 Å². The van der Waals surface area contributed by atoms with Crippen LogP contribution in [0.15, 0.2) is 49.5 Å². The molecule has 2 aromatic rings. The lowest BCUT2D eigenvalue weighted by Crippen LogP contribution is -2.29. The van der Waals surface area contributed by atoms with E-state index in [1.54, 1.807) is 12.1 Å². The first-order chi connectivity index (χ1) is 14.9. The van der Waals surface area contributed by atoms with Crippen LogP contribution in [0, 0.1) is 0 Å². The van der Waals surface area contributed by atoms with Crippen LogP contribution >= 0.6 is 31.9 Å². The monoisotopic (exact) mass is 554 g/mol. The third-order valence-corrected chi connectivity index (χ3v) is 5.76. The maximum atomic E-state index is 11.7. The van der Waals surface area contributed by atoms with Crippen molar-refractivity contribution in [1.29, 1.82) is 0 Å². The third kappa shape index (κ3) is 7.68. The second-order valence-corrected chi connectivity index (χ2v) is 8.74. The van der Waals surface area contributed by atoms with Gasteiger partial charge in [-0.25, -0.2) is 0 Å². The molecule has 0 aliphatic carbocycles. The van der Waals surface area contributed by atoms with E-state index in [0.29, 0.717) is 30.2 Å². The first-order valence-electron chi connectivity index (χ1n) is 10.2. The van der Waals surface area contributed by atoms with Gasteiger partial charge in [-0.3, -0.25) is 4.79 Å². The molecule has 0 aliphatic rings. The second kappa shape index (κ2) is 12.9. The van der Waals surface area contributed by atoms with Gasteiger partial charge in [0.05, 0.1) is 18.9 Å². The number of rotatable bonds is 11. The number of aliphatic hydroxyl groups is 2. The molecule has 7 nitrogen and oxygen atoms in total. The Hall–Kier alpha value is -1.81. The summed E-state index contributed by atoms with van der Waals surface area (Å²) in [6.45, 7) is 4.23. The summed E-state index contributed by atoms with van der Waals surface area (Å²) < 4.78 is 1.68. The normalized spacial score (nSPS) is 11.2. The van der Waals surface area contributed by atoms with Gasteiger partial charge in [0, 0.05) is 34.6 Å². The van der Waals surface area contributed by atoms with Gasteiger partial charge in [-0.2, -0.15) is 0 Å². The van der Waals surface area contributed by atoms with Crippen molar-refractivity contribution in [2.75, 3.05) is 36.5 Å². The van der Waals surface area contributed by atoms with Gasteiger partial charge in [-0.1, -0.05) is 13.3 Å². The number of aryl methyl sites for hydroxylation is 1. The van der Waals surface area contributed by atoms with Crippen LogP contribution in [0.25, 0.3) is 0 Å². The largest absolute Gasteiger partial charge is 0.395 e. The molecule has 0 heterocycles.